The molecule has 0 aliphatic heterocycles. The van der Waals surface area contributed by atoms with Gasteiger partial charge in [-0.2, -0.15) is 4.72 Å². The Hall–Kier alpha value is -2.91. The summed E-state index contributed by atoms with van der Waals surface area (Å²) in [4.78, 5) is 24.9. The molecule has 166 valence electrons. The van der Waals surface area contributed by atoms with Crippen molar-refractivity contribution in [1.82, 2.24) is 15.6 Å². The molecule has 1 atom stereocenters. The standard InChI is InChI=1S/C22H19Cl2N3O4S/c23-18-12-11-17(14-19(18)24)32(30,31)27-20(13-15-7-3-1-4-8-15)22(29)26-25-21(28)16-9-5-2-6-10-16/h1-12,14,20,27H,13H2,(H,25,28)(H,26,29). The van der Waals surface area contributed by atoms with Crippen molar-refractivity contribution in [3.05, 3.63) is 100 Å². The average Bonchev–Trinajstić information content (AvgIpc) is 2.79. The highest BCUT2D eigenvalue weighted by atomic mass is 35.5. The molecule has 0 bridgehead atoms. The van der Waals surface area contributed by atoms with Crippen LogP contribution in [0.3, 0.4) is 0 Å². The third kappa shape index (κ3) is 6.30. The number of sulfonamides is 1. The fraction of sp³-hybridized carbons (Fsp3) is 0.0909. The maximum Gasteiger partial charge on any atom is 0.269 e. The van der Waals surface area contributed by atoms with Gasteiger partial charge in [-0.25, -0.2) is 8.42 Å². The Bertz CT molecular complexity index is 1210. The number of halogens is 2. The van der Waals surface area contributed by atoms with E-state index in [4.69, 9.17) is 23.2 Å². The van der Waals surface area contributed by atoms with E-state index in [0.29, 0.717) is 5.56 Å². The van der Waals surface area contributed by atoms with Crippen molar-refractivity contribution in [2.45, 2.75) is 17.4 Å². The van der Waals surface area contributed by atoms with E-state index in [1.54, 1.807) is 60.7 Å². The Labute approximate surface area is 195 Å². The maximum absolute atomic E-state index is 12.9. The molecule has 0 heterocycles. The zero-order chi connectivity index (χ0) is 23.1. The predicted octanol–water partition coefficient (Wildman–Crippen LogP) is 3.34. The highest BCUT2D eigenvalue weighted by Gasteiger charge is 2.27. The van der Waals surface area contributed by atoms with Gasteiger partial charge in [0, 0.05) is 5.56 Å². The summed E-state index contributed by atoms with van der Waals surface area (Å²) in [6.45, 7) is 0. The molecule has 3 N–H and O–H groups in total. The molecule has 1 unspecified atom stereocenters. The van der Waals surface area contributed by atoms with Crippen molar-refractivity contribution in [3.63, 3.8) is 0 Å². The molecule has 32 heavy (non-hydrogen) atoms. The van der Waals surface area contributed by atoms with E-state index in [1.807, 2.05) is 0 Å². The van der Waals surface area contributed by atoms with E-state index < -0.39 is 27.9 Å². The Morgan fingerprint density at radius 1 is 0.812 bits per heavy atom. The number of amides is 2. The molecule has 0 aliphatic rings. The fourth-order valence-electron chi connectivity index (χ4n) is 2.80. The normalized spacial score (nSPS) is 12.1. The second kappa shape index (κ2) is 10.6. The van der Waals surface area contributed by atoms with Crippen LogP contribution in [0.15, 0.2) is 83.8 Å². The second-order valence-electron chi connectivity index (χ2n) is 6.75. The van der Waals surface area contributed by atoms with Crippen molar-refractivity contribution < 1.29 is 18.0 Å². The summed E-state index contributed by atoms with van der Waals surface area (Å²) in [5.74, 6) is -1.27. The first-order chi connectivity index (χ1) is 15.3. The fourth-order valence-corrected chi connectivity index (χ4v) is 4.39. The predicted molar refractivity (Wildman–Crippen MR) is 123 cm³/mol. The highest BCUT2D eigenvalue weighted by molar-refractivity contribution is 7.89. The van der Waals surface area contributed by atoms with Gasteiger partial charge in [0.15, 0.2) is 0 Å². The molecule has 3 aromatic carbocycles. The lowest BCUT2D eigenvalue weighted by Gasteiger charge is -2.19. The number of hydrogen-bond acceptors (Lipinski definition) is 4. The number of rotatable bonds is 7. The summed E-state index contributed by atoms with van der Waals surface area (Å²) in [6, 6.07) is 19.8. The van der Waals surface area contributed by atoms with E-state index in [9.17, 15) is 18.0 Å². The first-order valence-corrected chi connectivity index (χ1v) is 11.7. The molecule has 0 saturated heterocycles. The van der Waals surface area contributed by atoms with Crippen molar-refractivity contribution in [3.8, 4) is 0 Å². The zero-order valence-electron chi connectivity index (χ0n) is 16.6. The molecule has 0 aliphatic carbocycles. The van der Waals surface area contributed by atoms with Gasteiger partial charge in [0.1, 0.15) is 6.04 Å². The van der Waals surface area contributed by atoms with E-state index in [-0.39, 0.29) is 21.4 Å². The van der Waals surface area contributed by atoms with Crippen LogP contribution >= 0.6 is 23.2 Å². The molecule has 0 radical (unpaired) electrons. The van der Waals surface area contributed by atoms with Crippen molar-refractivity contribution >= 4 is 45.0 Å². The smallest absolute Gasteiger partial charge is 0.269 e. The average molecular weight is 492 g/mol. The summed E-state index contributed by atoms with van der Waals surface area (Å²) >= 11 is 11.8. The number of benzene rings is 3. The third-order valence-corrected chi connectivity index (χ3v) is 6.64. The first kappa shape index (κ1) is 23.7. The van der Waals surface area contributed by atoms with E-state index >= 15 is 0 Å². The van der Waals surface area contributed by atoms with Gasteiger partial charge in [0.05, 0.1) is 14.9 Å². The van der Waals surface area contributed by atoms with Gasteiger partial charge in [-0.1, -0.05) is 71.7 Å². The molecule has 0 aromatic heterocycles. The van der Waals surface area contributed by atoms with E-state index in [2.05, 4.69) is 15.6 Å². The SMILES string of the molecule is O=C(NNC(=O)C(Cc1ccccc1)NS(=O)(=O)c1ccc(Cl)c(Cl)c1)c1ccccc1. The minimum atomic E-state index is -4.12. The Balaban J connectivity index is 1.78. The molecule has 3 rings (SSSR count). The molecule has 2 amide bonds. The molecular formula is C22H19Cl2N3O4S. The van der Waals surface area contributed by atoms with E-state index in [0.717, 1.165) is 5.56 Å². The van der Waals surface area contributed by atoms with Gasteiger partial charge >= 0.3 is 0 Å². The van der Waals surface area contributed by atoms with Crippen LogP contribution in [0.1, 0.15) is 15.9 Å². The number of nitrogens with one attached hydrogen (secondary N) is 3. The molecule has 0 spiro atoms. The van der Waals surface area contributed by atoms with Gasteiger partial charge in [0.25, 0.3) is 11.8 Å². The minimum Gasteiger partial charge on any atom is -0.271 e. The number of hydrazine groups is 1. The van der Waals surface area contributed by atoms with Crippen LogP contribution in [0, 0.1) is 0 Å². The lowest BCUT2D eigenvalue weighted by atomic mass is 10.1. The quantitative estimate of drug-likeness (QED) is 0.440. The van der Waals surface area contributed by atoms with E-state index in [1.165, 1.54) is 18.2 Å². The molecular weight excluding hydrogens is 473 g/mol. The second-order valence-corrected chi connectivity index (χ2v) is 9.28. The summed E-state index contributed by atoms with van der Waals surface area (Å²) in [5.41, 5.74) is 5.64. The lowest BCUT2D eigenvalue weighted by Crippen LogP contribution is -2.53. The summed E-state index contributed by atoms with van der Waals surface area (Å²) in [6.07, 6.45) is 0.0500. The van der Waals surface area contributed by atoms with Crippen molar-refractivity contribution in [2.75, 3.05) is 0 Å². The molecule has 10 heteroatoms. The van der Waals surface area contributed by atoms with Crippen LogP contribution < -0.4 is 15.6 Å². The van der Waals surface area contributed by atoms with Crippen LogP contribution in [0.4, 0.5) is 0 Å². The van der Waals surface area contributed by atoms with Crippen LogP contribution in [0.25, 0.3) is 0 Å². The monoisotopic (exact) mass is 491 g/mol. The van der Waals surface area contributed by atoms with Gasteiger partial charge in [-0.05, 0) is 42.3 Å². The molecule has 3 aromatic rings. The Morgan fingerprint density at radius 2 is 1.44 bits per heavy atom. The van der Waals surface area contributed by atoms with Gasteiger partial charge < -0.3 is 0 Å². The van der Waals surface area contributed by atoms with Crippen LogP contribution in [0.5, 0.6) is 0 Å². The zero-order valence-corrected chi connectivity index (χ0v) is 18.9. The third-order valence-electron chi connectivity index (χ3n) is 4.43. The van der Waals surface area contributed by atoms with Crippen molar-refractivity contribution in [1.29, 1.82) is 0 Å². The summed E-state index contributed by atoms with van der Waals surface area (Å²) in [7, 11) is -4.12. The highest BCUT2D eigenvalue weighted by Crippen LogP contribution is 2.25. The van der Waals surface area contributed by atoms with Gasteiger partial charge in [0.2, 0.25) is 10.0 Å². The largest absolute Gasteiger partial charge is 0.271 e. The van der Waals surface area contributed by atoms with Crippen molar-refractivity contribution in [2.24, 2.45) is 0 Å². The first-order valence-electron chi connectivity index (χ1n) is 9.43. The lowest BCUT2D eigenvalue weighted by molar-refractivity contribution is -0.123. The maximum atomic E-state index is 12.9. The number of carbonyl (C=O) groups is 2. The number of carbonyl (C=O) groups excluding carboxylic acids is 2. The molecule has 7 nitrogen and oxygen atoms in total. The minimum absolute atomic E-state index is 0.0500. The molecule has 0 saturated carbocycles. The Morgan fingerprint density at radius 3 is 2.06 bits per heavy atom. The number of hydrogen-bond donors (Lipinski definition) is 3. The van der Waals surface area contributed by atoms with Crippen LogP contribution in [-0.2, 0) is 21.2 Å². The van der Waals surface area contributed by atoms with Gasteiger partial charge in [-0.15, -0.1) is 0 Å². The summed E-state index contributed by atoms with van der Waals surface area (Å²) in [5, 5.41) is 0.265. The van der Waals surface area contributed by atoms with Crippen LogP contribution in [-0.4, -0.2) is 26.3 Å². The van der Waals surface area contributed by atoms with Crippen LogP contribution in [0.2, 0.25) is 10.0 Å². The topological polar surface area (TPSA) is 104 Å². The Kier molecular flexibility index (Phi) is 7.87. The summed E-state index contributed by atoms with van der Waals surface area (Å²) < 4.78 is 28.1. The molecule has 0 fully saturated rings. The van der Waals surface area contributed by atoms with Gasteiger partial charge in [-0.3, -0.25) is 20.4 Å².